The first kappa shape index (κ1) is 14.1. The molecule has 0 bridgehead atoms. The Morgan fingerprint density at radius 2 is 2.09 bits per heavy atom. The van der Waals surface area contributed by atoms with Crippen molar-refractivity contribution in [3.63, 3.8) is 0 Å². The quantitative estimate of drug-likeness (QED) is 0.819. The lowest BCUT2D eigenvalue weighted by Crippen LogP contribution is -2.43. The van der Waals surface area contributed by atoms with E-state index >= 15 is 0 Å². The van der Waals surface area contributed by atoms with Gasteiger partial charge in [0, 0.05) is 17.5 Å². The van der Waals surface area contributed by atoms with Crippen molar-refractivity contribution in [2.24, 2.45) is 5.41 Å². The molecule has 1 saturated carbocycles. The second-order valence-corrected chi connectivity index (χ2v) is 8.03. The molecule has 1 saturated heterocycles. The van der Waals surface area contributed by atoms with Crippen LogP contribution in [0, 0.1) is 5.41 Å². The molecule has 1 aliphatic carbocycles. The van der Waals surface area contributed by atoms with Gasteiger partial charge < -0.3 is 9.88 Å². The van der Waals surface area contributed by atoms with Crippen LogP contribution in [-0.2, 0) is 0 Å². The van der Waals surface area contributed by atoms with Crippen LogP contribution in [0.15, 0.2) is 24.3 Å². The average Bonchev–Trinajstić information content (AvgIpc) is 2.97. The second kappa shape index (κ2) is 4.51. The number of aromatic amines is 1. The van der Waals surface area contributed by atoms with Gasteiger partial charge in [0.05, 0.1) is 10.5 Å². The maximum atomic E-state index is 13.0. The Bertz CT molecular complexity index is 758. The normalized spacial score (nSPS) is 22.2. The van der Waals surface area contributed by atoms with Crippen LogP contribution in [0.2, 0.25) is 5.02 Å². The fourth-order valence-corrected chi connectivity index (χ4v) is 4.59. The van der Waals surface area contributed by atoms with Crippen LogP contribution < -0.4 is 0 Å². The highest BCUT2D eigenvalue weighted by Crippen LogP contribution is 2.53. The molecule has 1 N–H and O–H groups in total. The molecule has 0 radical (unpaired) electrons. The lowest BCUT2D eigenvalue weighted by atomic mass is 9.66. The molecule has 2 heterocycles. The Labute approximate surface area is 135 Å². The Balaban J connectivity index is 1.69. The van der Waals surface area contributed by atoms with Crippen molar-refractivity contribution in [1.82, 2.24) is 9.88 Å². The van der Waals surface area contributed by atoms with E-state index in [-0.39, 0.29) is 11.4 Å². The van der Waals surface area contributed by atoms with Gasteiger partial charge in [-0.25, -0.2) is 0 Å². The van der Waals surface area contributed by atoms with E-state index in [1.165, 1.54) is 19.3 Å². The second-order valence-electron chi connectivity index (χ2n) is 7.62. The molecule has 116 valence electrons. The summed E-state index contributed by atoms with van der Waals surface area (Å²) in [4.78, 5) is 18.3. The molecule has 0 atom stereocenters. The predicted octanol–water partition coefficient (Wildman–Crippen LogP) is 4.62. The third kappa shape index (κ3) is 1.98. The Morgan fingerprint density at radius 1 is 1.32 bits per heavy atom. The Morgan fingerprint density at radius 3 is 2.68 bits per heavy atom. The van der Waals surface area contributed by atoms with Gasteiger partial charge in [-0.1, -0.05) is 30.2 Å². The maximum Gasteiger partial charge on any atom is 0.270 e. The topological polar surface area (TPSA) is 36.1 Å². The minimum Gasteiger partial charge on any atom is -0.349 e. The highest BCUT2D eigenvalue weighted by molar-refractivity contribution is 6.35. The third-order valence-corrected chi connectivity index (χ3v) is 5.84. The van der Waals surface area contributed by atoms with E-state index in [9.17, 15) is 4.79 Å². The van der Waals surface area contributed by atoms with Gasteiger partial charge in [-0.05, 0) is 50.7 Å². The molecule has 0 unspecified atom stereocenters. The summed E-state index contributed by atoms with van der Waals surface area (Å²) in [6.45, 7) is 5.27. The number of benzene rings is 1. The molecule has 1 amide bonds. The lowest BCUT2D eigenvalue weighted by molar-refractivity contribution is 0.0623. The van der Waals surface area contributed by atoms with Crippen molar-refractivity contribution >= 4 is 28.4 Å². The van der Waals surface area contributed by atoms with Crippen LogP contribution in [0.4, 0.5) is 0 Å². The number of halogens is 1. The highest BCUT2D eigenvalue weighted by atomic mass is 35.5. The third-order valence-electron chi connectivity index (χ3n) is 5.53. The van der Waals surface area contributed by atoms with Gasteiger partial charge in [-0.15, -0.1) is 0 Å². The van der Waals surface area contributed by atoms with Crippen molar-refractivity contribution < 1.29 is 4.79 Å². The summed E-state index contributed by atoms with van der Waals surface area (Å²) in [5.74, 6) is 0.0982. The van der Waals surface area contributed by atoms with Crippen LogP contribution in [0.1, 0.15) is 50.0 Å². The number of nitrogens with one attached hydrogen (secondary N) is 1. The summed E-state index contributed by atoms with van der Waals surface area (Å²) in [6, 6.07) is 7.66. The Hall–Kier alpha value is -1.48. The first-order valence-electron chi connectivity index (χ1n) is 8.00. The van der Waals surface area contributed by atoms with E-state index in [0.717, 1.165) is 23.9 Å². The molecule has 1 aromatic heterocycles. The average molecular weight is 317 g/mol. The molecule has 4 rings (SSSR count). The van der Waals surface area contributed by atoms with Gasteiger partial charge in [0.2, 0.25) is 0 Å². The number of H-pyrrole nitrogens is 1. The van der Waals surface area contributed by atoms with Crippen LogP contribution >= 0.6 is 11.6 Å². The largest absolute Gasteiger partial charge is 0.349 e. The van der Waals surface area contributed by atoms with Crippen molar-refractivity contribution in [3.8, 4) is 0 Å². The standard InChI is InChI=1S/C18H21ClN2O/c1-17(2)10-18(7-4-8-18)11-21(17)16(22)14-9-12-5-3-6-13(19)15(12)20-14/h3,5-6,9,20H,4,7-8,10-11H2,1-2H3. The fourth-order valence-electron chi connectivity index (χ4n) is 4.36. The van der Waals surface area contributed by atoms with Crippen molar-refractivity contribution in [2.75, 3.05) is 6.54 Å². The number of aromatic nitrogens is 1. The fraction of sp³-hybridized carbons (Fsp3) is 0.500. The van der Waals surface area contributed by atoms with E-state index in [4.69, 9.17) is 11.6 Å². The molecular formula is C18H21ClN2O. The summed E-state index contributed by atoms with van der Waals surface area (Å²) < 4.78 is 0. The number of rotatable bonds is 1. The lowest BCUT2D eigenvalue weighted by Gasteiger charge is -2.38. The molecular weight excluding hydrogens is 296 g/mol. The number of amides is 1. The molecule has 1 aromatic carbocycles. The van der Waals surface area contributed by atoms with Gasteiger partial charge >= 0.3 is 0 Å². The number of fused-ring (bicyclic) bond motifs is 1. The SMILES string of the molecule is CC1(C)CC2(CCC2)CN1C(=O)c1cc2cccc(Cl)c2[nH]1. The molecule has 2 aromatic rings. The van der Waals surface area contributed by atoms with Crippen LogP contribution in [-0.4, -0.2) is 27.9 Å². The van der Waals surface area contributed by atoms with E-state index in [1.54, 1.807) is 0 Å². The number of nitrogens with zero attached hydrogens (tertiary/aromatic N) is 1. The summed E-state index contributed by atoms with van der Waals surface area (Å²) in [7, 11) is 0. The summed E-state index contributed by atoms with van der Waals surface area (Å²) in [5.41, 5.74) is 1.80. The van der Waals surface area contributed by atoms with Crippen molar-refractivity contribution in [3.05, 3.63) is 35.0 Å². The number of likely N-dealkylation sites (tertiary alicyclic amines) is 1. The van der Waals surface area contributed by atoms with Crippen LogP contribution in [0.3, 0.4) is 0 Å². The van der Waals surface area contributed by atoms with Gasteiger partial charge in [-0.3, -0.25) is 4.79 Å². The highest BCUT2D eigenvalue weighted by Gasteiger charge is 2.52. The molecule has 3 nitrogen and oxygen atoms in total. The Kier molecular flexibility index (Phi) is 2.90. The molecule has 2 aliphatic rings. The minimum atomic E-state index is -0.0708. The zero-order valence-electron chi connectivity index (χ0n) is 13.1. The van der Waals surface area contributed by atoms with Gasteiger partial charge in [0.1, 0.15) is 5.69 Å². The van der Waals surface area contributed by atoms with Gasteiger partial charge in [0.15, 0.2) is 0 Å². The smallest absolute Gasteiger partial charge is 0.270 e. The van der Waals surface area contributed by atoms with E-state index in [0.29, 0.717) is 16.1 Å². The summed E-state index contributed by atoms with van der Waals surface area (Å²) >= 11 is 6.21. The van der Waals surface area contributed by atoms with Crippen LogP contribution in [0.25, 0.3) is 10.9 Å². The molecule has 22 heavy (non-hydrogen) atoms. The van der Waals surface area contributed by atoms with E-state index < -0.39 is 0 Å². The molecule has 1 aliphatic heterocycles. The molecule has 4 heteroatoms. The zero-order chi connectivity index (χ0) is 15.5. The first-order valence-corrected chi connectivity index (χ1v) is 8.37. The predicted molar refractivity (Wildman–Crippen MR) is 89.3 cm³/mol. The van der Waals surface area contributed by atoms with E-state index in [2.05, 4.69) is 23.7 Å². The van der Waals surface area contributed by atoms with Gasteiger partial charge in [0.25, 0.3) is 5.91 Å². The monoisotopic (exact) mass is 316 g/mol. The summed E-state index contributed by atoms with van der Waals surface area (Å²) in [5, 5.41) is 1.65. The molecule has 2 fully saturated rings. The maximum absolute atomic E-state index is 13.0. The number of carbonyl (C=O) groups excluding carboxylic acids is 1. The van der Waals surface area contributed by atoms with Gasteiger partial charge in [-0.2, -0.15) is 0 Å². The first-order chi connectivity index (χ1) is 10.4. The number of para-hydroxylation sites is 1. The number of carbonyl (C=O) groups is 1. The van der Waals surface area contributed by atoms with Crippen molar-refractivity contribution in [2.45, 2.75) is 45.1 Å². The molecule has 1 spiro atoms. The van der Waals surface area contributed by atoms with Crippen molar-refractivity contribution in [1.29, 1.82) is 0 Å². The number of hydrogen-bond donors (Lipinski definition) is 1. The minimum absolute atomic E-state index is 0.0708. The summed E-state index contributed by atoms with van der Waals surface area (Å²) in [6.07, 6.45) is 4.95. The number of hydrogen-bond acceptors (Lipinski definition) is 1. The zero-order valence-corrected chi connectivity index (χ0v) is 13.8. The van der Waals surface area contributed by atoms with E-state index in [1.807, 2.05) is 24.3 Å². The van der Waals surface area contributed by atoms with Crippen LogP contribution in [0.5, 0.6) is 0 Å².